The van der Waals surface area contributed by atoms with E-state index in [1.807, 2.05) is 24.3 Å². The number of halogens is 2. The third-order valence-electron chi connectivity index (χ3n) is 3.10. The first kappa shape index (κ1) is 17.1. The number of anilines is 1. The van der Waals surface area contributed by atoms with Crippen LogP contribution in [0.4, 0.5) is 5.69 Å². The number of hydrogen-bond donors (Lipinski definition) is 2. The monoisotopic (exact) mass is 318 g/mol. The molecular formula is C14H20Cl2N2O2. The Morgan fingerprint density at radius 1 is 1.25 bits per heavy atom. The molecule has 0 amide bonds. The Morgan fingerprint density at radius 2 is 1.80 bits per heavy atom. The van der Waals surface area contributed by atoms with Crippen LogP contribution in [0.25, 0.3) is 0 Å². The molecule has 0 aromatic heterocycles. The number of likely N-dealkylation sites (N-methyl/N-ethyl adjacent to an activating group) is 1. The van der Waals surface area contributed by atoms with E-state index in [4.69, 9.17) is 28.3 Å². The first-order chi connectivity index (χ1) is 9.62. The van der Waals surface area contributed by atoms with Gasteiger partial charge in [-0.25, -0.2) is 0 Å². The fourth-order valence-electron chi connectivity index (χ4n) is 1.97. The quantitative estimate of drug-likeness (QED) is 0.685. The van der Waals surface area contributed by atoms with Gasteiger partial charge in [-0.2, -0.15) is 0 Å². The van der Waals surface area contributed by atoms with Crippen LogP contribution < -0.4 is 10.2 Å². The maximum Gasteiger partial charge on any atom is 0.321 e. The van der Waals surface area contributed by atoms with Crippen molar-refractivity contribution in [1.29, 1.82) is 0 Å². The lowest BCUT2D eigenvalue weighted by Crippen LogP contribution is -2.35. The van der Waals surface area contributed by atoms with E-state index in [9.17, 15) is 4.79 Å². The number of carboxylic acids is 1. The lowest BCUT2D eigenvalue weighted by molar-refractivity contribution is -0.139. The van der Waals surface area contributed by atoms with Crippen LogP contribution in [-0.4, -0.2) is 49.0 Å². The molecule has 0 fully saturated rings. The normalized spacial score (nSPS) is 12.2. The molecular weight excluding hydrogens is 299 g/mol. The molecule has 0 unspecified atom stereocenters. The van der Waals surface area contributed by atoms with Crippen LogP contribution in [0.3, 0.4) is 0 Å². The minimum Gasteiger partial charge on any atom is -0.480 e. The summed E-state index contributed by atoms with van der Waals surface area (Å²) in [5.74, 6) is 0.237. The minimum atomic E-state index is -0.845. The molecule has 0 heterocycles. The second kappa shape index (κ2) is 9.06. The van der Waals surface area contributed by atoms with Gasteiger partial charge in [0.1, 0.15) is 6.04 Å². The second-order valence-electron chi connectivity index (χ2n) is 4.42. The molecule has 1 atom stereocenters. The lowest BCUT2D eigenvalue weighted by atomic mass is 10.1. The molecule has 4 nitrogen and oxygen atoms in total. The summed E-state index contributed by atoms with van der Waals surface area (Å²) in [6, 6.07) is 7.27. The van der Waals surface area contributed by atoms with Crippen molar-refractivity contribution in [2.45, 2.75) is 12.5 Å². The van der Waals surface area contributed by atoms with Gasteiger partial charge < -0.3 is 15.3 Å². The SMILES string of the molecule is CN[C@@H](Cc1ccc(N(CCCl)CCCl)cc1)C(=O)O. The second-order valence-corrected chi connectivity index (χ2v) is 5.17. The number of benzene rings is 1. The molecule has 0 radical (unpaired) electrons. The number of carbonyl (C=O) groups is 1. The van der Waals surface area contributed by atoms with Crippen LogP contribution in [0.1, 0.15) is 5.56 Å². The summed E-state index contributed by atoms with van der Waals surface area (Å²) >= 11 is 11.6. The highest BCUT2D eigenvalue weighted by atomic mass is 35.5. The van der Waals surface area contributed by atoms with E-state index in [-0.39, 0.29) is 0 Å². The molecule has 1 aromatic rings. The third kappa shape index (κ3) is 5.19. The number of alkyl halides is 2. The molecule has 0 aliphatic carbocycles. The van der Waals surface area contributed by atoms with E-state index in [2.05, 4.69) is 10.2 Å². The fraction of sp³-hybridized carbons (Fsp3) is 0.500. The van der Waals surface area contributed by atoms with Crippen LogP contribution in [-0.2, 0) is 11.2 Å². The maximum atomic E-state index is 11.0. The molecule has 1 rings (SSSR count). The van der Waals surface area contributed by atoms with Crippen molar-refractivity contribution in [2.24, 2.45) is 0 Å². The number of carboxylic acid groups (broad SMARTS) is 1. The topological polar surface area (TPSA) is 52.6 Å². The Morgan fingerprint density at radius 3 is 2.20 bits per heavy atom. The first-order valence-corrected chi connectivity index (χ1v) is 7.55. The summed E-state index contributed by atoms with van der Waals surface area (Å²) in [6.45, 7) is 1.48. The molecule has 0 spiro atoms. The standard InChI is InChI=1S/C14H20Cl2N2O2/c1-17-13(14(19)20)10-11-2-4-12(5-3-11)18(8-6-15)9-7-16/h2-5,13,17H,6-10H2,1H3,(H,19,20)/t13-/m0/s1. The molecule has 0 saturated heterocycles. The van der Waals surface area contributed by atoms with E-state index < -0.39 is 12.0 Å². The average molecular weight is 319 g/mol. The van der Waals surface area contributed by atoms with Gasteiger partial charge in [-0.15, -0.1) is 23.2 Å². The summed E-state index contributed by atoms with van der Waals surface area (Å²) in [6.07, 6.45) is 0.455. The van der Waals surface area contributed by atoms with Gasteiger partial charge in [-0.3, -0.25) is 4.79 Å². The summed E-state index contributed by atoms with van der Waals surface area (Å²) in [5, 5.41) is 11.8. The number of nitrogens with zero attached hydrogens (tertiary/aromatic N) is 1. The van der Waals surface area contributed by atoms with Crippen LogP contribution in [0.15, 0.2) is 24.3 Å². The largest absolute Gasteiger partial charge is 0.480 e. The van der Waals surface area contributed by atoms with Crippen molar-refractivity contribution in [3.63, 3.8) is 0 Å². The van der Waals surface area contributed by atoms with Crippen molar-refractivity contribution in [3.8, 4) is 0 Å². The zero-order valence-corrected chi connectivity index (χ0v) is 13.0. The van der Waals surface area contributed by atoms with Crippen LogP contribution in [0, 0.1) is 0 Å². The molecule has 0 saturated carbocycles. The predicted octanol–water partition coefficient (Wildman–Crippen LogP) is 2.19. The van der Waals surface area contributed by atoms with E-state index in [1.54, 1.807) is 7.05 Å². The zero-order valence-electron chi connectivity index (χ0n) is 11.5. The van der Waals surface area contributed by atoms with Gasteiger partial charge in [0.2, 0.25) is 0 Å². The van der Waals surface area contributed by atoms with Gasteiger partial charge in [-0.1, -0.05) is 12.1 Å². The highest BCUT2D eigenvalue weighted by Gasteiger charge is 2.15. The molecule has 20 heavy (non-hydrogen) atoms. The van der Waals surface area contributed by atoms with Gasteiger partial charge >= 0.3 is 5.97 Å². The molecule has 0 bridgehead atoms. The molecule has 2 N–H and O–H groups in total. The maximum absolute atomic E-state index is 11.0. The van der Waals surface area contributed by atoms with Crippen molar-refractivity contribution < 1.29 is 9.90 Å². The summed E-state index contributed by atoms with van der Waals surface area (Å²) < 4.78 is 0. The van der Waals surface area contributed by atoms with Gasteiger partial charge in [0, 0.05) is 30.5 Å². The molecule has 6 heteroatoms. The van der Waals surface area contributed by atoms with Crippen molar-refractivity contribution >= 4 is 34.9 Å². The fourth-order valence-corrected chi connectivity index (χ4v) is 2.37. The summed E-state index contributed by atoms with van der Waals surface area (Å²) in [5.41, 5.74) is 2.03. The van der Waals surface area contributed by atoms with Crippen molar-refractivity contribution in [1.82, 2.24) is 5.32 Å². The Balaban J connectivity index is 2.73. The molecule has 0 aliphatic rings. The number of aliphatic carboxylic acids is 1. The molecule has 1 aromatic carbocycles. The Hall–Kier alpha value is -0.970. The average Bonchev–Trinajstić information content (AvgIpc) is 2.45. The van der Waals surface area contributed by atoms with Crippen LogP contribution in [0.2, 0.25) is 0 Å². The van der Waals surface area contributed by atoms with Crippen LogP contribution in [0.5, 0.6) is 0 Å². The van der Waals surface area contributed by atoms with Gasteiger partial charge in [0.15, 0.2) is 0 Å². The zero-order chi connectivity index (χ0) is 15.0. The smallest absolute Gasteiger partial charge is 0.321 e. The number of rotatable bonds is 9. The van der Waals surface area contributed by atoms with Crippen molar-refractivity contribution in [2.75, 3.05) is 36.8 Å². The minimum absolute atomic E-state index is 0.455. The van der Waals surface area contributed by atoms with E-state index >= 15 is 0 Å². The van der Waals surface area contributed by atoms with Gasteiger partial charge in [0.25, 0.3) is 0 Å². The molecule has 112 valence electrons. The summed E-state index contributed by atoms with van der Waals surface area (Å²) in [7, 11) is 1.65. The Kier molecular flexibility index (Phi) is 7.73. The summed E-state index contributed by atoms with van der Waals surface area (Å²) in [4.78, 5) is 13.1. The third-order valence-corrected chi connectivity index (χ3v) is 3.43. The lowest BCUT2D eigenvalue weighted by Gasteiger charge is -2.23. The Labute approximate surface area is 129 Å². The van der Waals surface area contributed by atoms with Crippen LogP contribution >= 0.6 is 23.2 Å². The number of nitrogens with one attached hydrogen (secondary N) is 1. The number of hydrogen-bond acceptors (Lipinski definition) is 3. The Bertz CT molecular complexity index is 406. The van der Waals surface area contributed by atoms with Gasteiger partial charge in [0.05, 0.1) is 0 Å². The van der Waals surface area contributed by atoms with Gasteiger partial charge in [-0.05, 0) is 31.2 Å². The predicted molar refractivity (Wildman–Crippen MR) is 84.3 cm³/mol. The van der Waals surface area contributed by atoms with Crippen molar-refractivity contribution in [3.05, 3.63) is 29.8 Å². The highest BCUT2D eigenvalue weighted by Crippen LogP contribution is 2.16. The molecule has 0 aliphatic heterocycles. The van der Waals surface area contributed by atoms with E-state index in [1.165, 1.54) is 0 Å². The van der Waals surface area contributed by atoms with E-state index in [0.29, 0.717) is 18.2 Å². The highest BCUT2D eigenvalue weighted by molar-refractivity contribution is 6.18. The van der Waals surface area contributed by atoms with E-state index in [0.717, 1.165) is 24.3 Å². The first-order valence-electron chi connectivity index (χ1n) is 6.48.